The second-order valence-corrected chi connectivity index (χ2v) is 5.69. The van der Waals surface area contributed by atoms with Gasteiger partial charge in [-0.15, -0.1) is 24.8 Å². The number of piperazine rings is 1. The standard InChI is InChI=1S/C14H23N5.2ClH.H3N/c1-17-8-10-18(11-9-17)7-5-14(15)12-13-4-2-3-6-19(13)16-14;;;/h2-4,6,12,16H,5,7-11,15H2,1H3;2*1H;1H3. The second kappa shape index (κ2) is 8.88. The average Bonchev–Trinajstić information content (AvgIpc) is 2.75. The first kappa shape index (κ1) is 21.4. The van der Waals surface area contributed by atoms with Gasteiger partial charge in [0.15, 0.2) is 0 Å². The van der Waals surface area contributed by atoms with E-state index in [0.29, 0.717) is 0 Å². The Morgan fingerprint density at radius 3 is 2.50 bits per heavy atom. The largest absolute Gasteiger partial charge is 0.344 e. The Bertz CT molecular complexity index is 431. The average molecular weight is 351 g/mol. The minimum Gasteiger partial charge on any atom is -0.344 e. The zero-order chi connectivity index (χ0) is 13.3. The Balaban J connectivity index is 0.00000147. The van der Waals surface area contributed by atoms with E-state index in [-0.39, 0.29) is 31.0 Å². The summed E-state index contributed by atoms with van der Waals surface area (Å²) < 4.78 is 0. The molecule has 3 aliphatic heterocycles. The van der Waals surface area contributed by atoms with Gasteiger partial charge < -0.3 is 21.7 Å². The van der Waals surface area contributed by atoms with Gasteiger partial charge in [0.1, 0.15) is 5.66 Å². The summed E-state index contributed by atoms with van der Waals surface area (Å²) in [7, 11) is 2.18. The Morgan fingerprint density at radius 2 is 1.86 bits per heavy atom. The van der Waals surface area contributed by atoms with Crippen molar-refractivity contribution in [2.75, 3.05) is 39.8 Å². The van der Waals surface area contributed by atoms with Crippen molar-refractivity contribution in [3.05, 3.63) is 36.2 Å². The van der Waals surface area contributed by atoms with Gasteiger partial charge in [-0.1, -0.05) is 6.08 Å². The highest BCUT2D eigenvalue weighted by Crippen LogP contribution is 2.23. The molecule has 6 N–H and O–H groups in total. The molecule has 0 aromatic rings. The SMILES string of the molecule is CN1CCN(CCC2(N)C=C3C=CC=CN3N2)CC1.Cl.Cl.N. The molecule has 3 aliphatic rings. The summed E-state index contributed by atoms with van der Waals surface area (Å²) in [5.41, 5.74) is 10.5. The maximum absolute atomic E-state index is 6.43. The maximum atomic E-state index is 6.43. The number of hydrogen-bond donors (Lipinski definition) is 3. The number of nitrogens with zero attached hydrogens (tertiary/aromatic N) is 3. The van der Waals surface area contributed by atoms with Crippen LogP contribution in [0.15, 0.2) is 36.2 Å². The molecule has 0 aliphatic carbocycles. The molecule has 22 heavy (non-hydrogen) atoms. The lowest BCUT2D eigenvalue weighted by Gasteiger charge is -2.34. The monoisotopic (exact) mass is 350 g/mol. The third kappa shape index (κ3) is 4.96. The number of fused-ring (bicyclic) bond motifs is 1. The van der Waals surface area contributed by atoms with Crippen LogP contribution in [0, 0.1) is 0 Å². The molecule has 8 heteroatoms. The van der Waals surface area contributed by atoms with E-state index in [4.69, 9.17) is 5.73 Å². The van der Waals surface area contributed by atoms with Crippen LogP contribution in [0.3, 0.4) is 0 Å². The lowest BCUT2D eigenvalue weighted by Crippen LogP contribution is -2.55. The zero-order valence-corrected chi connectivity index (χ0v) is 14.7. The van der Waals surface area contributed by atoms with Crippen molar-refractivity contribution in [1.82, 2.24) is 26.4 Å². The number of halogens is 2. The van der Waals surface area contributed by atoms with Gasteiger partial charge in [0.05, 0.1) is 5.70 Å². The first-order valence-corrected chi connectivity index (χ1v) is 6.99. The first-order chi connectivity index (χ1) is 9.15. The summed E-state index contributed by atoms with van der Waals surface area (Å²) in [6.45, 7) is 5.65. The van der Waals surface area contributed by atoms with Gasteiger partial charge in [-0.05, 0) is 31.7 Å². The number of hydrazine groups is 1. The van der Waals surface area contributed by atoms with Crippen LogP contribution in [0.2, 0.25) is 0 Å². The minimum absolute atomic E-state index is 0. The molecular formula is C14H28Cl2N6. The first-order valence-electron chi connectivity index (χ1n) is 6.99. The molecule has 0 radical (unpaired) electrons. The minimum atomic E-state index is -0.419. The molecule has 0 aromatic carbocycles. The predicted molar refractivity (Wildman–Crippen MR) is 96.3 cm³/mol. The van der Waals surface area contributed by atoms with Gasteiger partial charge in [0, 0.05) is 38.9 Å². The summed E-state index contributed by atoms with van der Waals surface area (Å²) in [5.74, 6) is 0. The summed E-state index contributed by atoms with van der Waals surface area (Å²) in [4.78, 5) is 4.87. The molecule has 0 bridgehead atoms. The van der Waals surface area contributed by atoms with Gasteiger partial charge in [-0.2, -0.15) is 0 Å². The fourth-order valence-corrected chi connectivity index (χ4v) is 2.74. The molecule has 128 valence electrons. The third-order valence-electron chi connectivity index (χ3n) is 4.06. The molecule has 0 aromatic heterocycles. The van der Waals surface area contributed by atoms with Gasteiger partial charge in [0.25, 0.3) is 0 Å². The molecule has 0 spiro atoms. The lowest BCUT2D eigenvalue weighted by atomic mass is 10.1. The normalized spacial score (nSPS) is 27.4. The van der Waals surface area contributed by atoms with E-state index in [2.05, 4.69) is 34.4 Å². The van der Waals surface area contributed by atoms with Crippen molar-refractivity contribution in [3.63, 3.8) is 0 Å². The molecule has 1 unspecified atom stereocenters. The molecule has 3 heterocycles. The molecule has 3 rings (SSSR count). The van der Waals surface area contributed by atoms with Crippen molar-refractivity contribution < 1.29 is 0 Å². The van der Waals surface area contributed by atoms with Crippen LogP contribution in [-0.4, -0.2) is 60.2 Å². The summed E-state index contributed by atoms with van der Waals surface area (Å²) >= 11 is 0. The highest BCUT2D eigenvalue weighted by molar-refractivity contribution is 5.85. The smallest absolute Gasteiger partial charge is 0.107 e. The van der Waals surface area contributed by atoms with Crippen molar-refractivity contribution in [2.45, 2.75) is 12.1 Å². The van der Waals surface area contributed by atoms with E-state index in [1.54, 1.807) is 0 Å². The van der Waals surface area contributed by atoms with E-state index in [0.717, 1.165) is 44.8 Å². The Morgan fingerprint density at radius 1 is 1.18 bits per heavy atom. The van der Waals surface area contributed by atoms with E-state index in [1.165, 1.54) is 0 Å². The van der Waals surface area contributed by atoms with Gasteiger partial charge in [0.2, 0.25) is 0 Å². The fraction of sp³-hybridized carbons (Fsp3) is 0.571. The van der Waals surface area contributed by atoms with E-state index in [9.17, 15) is 0 Å². The van der Waals surface area contributed by atoms with Crippen molar-refractivity contribution in [1.29, 1.82) is 0 Å². The van der Waals surface area contributed by atoms with Crippen LogP contribution in [0.4, 0.5) is 0 Å². The molecule has 6 nitrogen and oxygen atoms in total. The lowest BCUT2D eigenvalue weighted by molar-refractivity contribution is 0.138. The van der Waals surface area contributed by atoms with E-state index >= 15 is 0 Å². The second-order valence-electron chi connectivity index (χ2n) is 5.69. The predicted octanol–water partition coefficient (Wildman–Crippen LogP) is 1.07. The number of rotatable bonds is 3. The number of allylic oxidation sites excluding steroid dienone is 3. The Kier molecular flexibility index (Phi) is 8.64. The van der Waals surface area contributed by atoms with Gasteiger partial charge >= 0.3 is 0 Å². The number of likely N-dealkylation sites (N-methyl/N-ethyl adjacent to an activating group) is 1. The fourth-order valence-electron chi connectivity index (χ4n) is 2.74. The van der Waals surface area contributed by atoms with Crippen LogP contribution in [0.1, 0.15) is 6.42 Å². The summed E-state index contributed by atoms with van der Waals surface area (Å²) in [5, 5.41) is 2.00. The van der Waals surface area contributed by atoms with E-state index < -0.39 is 5.66 Å². The molecule has 0 saturated carbocycles. The third-order valence-corrected chi connectivity index (χ3v) is 4.06. The van der Waals surface area contributed by atoms with Crippen molar-refractivity contribution in [3.8, 4) is 0 Å². The van der Waals surface area contributed by atoms with Crippen LogP contribution < -0.4 is 17.3 Å². The molecular weight excluding hydrogens is 323 g/mol. The summed E-state index contributed by atoms with van der Waals surface area (Å²) in [6, 6.07) is 0. The highest BCUT2D eigenvalue weighted by Gasteiger charge is 2.32. The van der Waals surface area contributed by atoms with Crippen LogP contribution in [0.5, 0.6) is 0 Å². The van der Waals surface area contributed by atoms with Crippen LogP contribution in [0.25, 0.3) is 0 Å². The Labute approximate surface area is 145 Å². The van der Waals surface area contributed by atoms with Gasteiger partial charge in [-0.3, -0.25) is 5.01 Å². The Hall–Kier alpha value is -0.600. The number of nitrogens with one attached hydrogen (secondary N) is 1. The molecule has 1 saturated heterocycles. The topological polar surface area (TPSA) is 82.8 Å². The molecule has 1 atom stereocenters. The zero-order valence-electron chi connectivity index (χ0n) is 13.1. The highest BCUT2D eigenvalue weighted by atomic mass is 35.5. The quantitative estimate of drug-likeness (QED) is 0.706. The van der Waals surface area contributed by atoms with Crippen molar-refractivity contribution >= 4 is 24.8 Å². The summed E-state index contributed by atoms with van der Waals surface area (Å²) in [6.07, 6.45) is 11.2. The molecule has 0 amide bonds. The van der Waals surface area contributed by atoms with Crippen molar-refractivity contribution in [2.24, 2.45) is 5.73 Å². The van der Waals surface area contributed by atoms with E-state index in [1.807, 2.05) is 23.4 Å². The van der Waals surface area contributed by atoms with Crippen LogP contribution in [-0.2, 0) is 0 Å². The van der Waals surface area contributed by atoms with Gasteiger partial charge in [-0.25, -0.2) is 5.43 Å². The maximum Gasteiger partial charge on any atom is 0.107 e. The number of nitrogens with two attached hydrogens (primary N) is 1. The molecule has 1 fully saturated rings. The van der Waals surface area contributed by atoms with Crippen LogP contribution >= 0.6 is 24.8 Å². The number of hydrogen-bond acceptors (Lipinski definition) is 6.